The highest BCUT2D eigenvalue weighted by molar-refractivity contribution is 5.95. The van der Waals surface area contributed by atoms with E-state index >= 15 is 0 Å². The summed E-state index contributed by atoms with van der Waals surface area (Å²) >= 11 is 0. The minimum absolute atomic E-state index is 0.00162. The number of amides is 2. The molecule has 1 aromatic heterocycles. The molecule has 2 heterocycles. The van der Waals surface area contributed by atoms with Crippen molar-refractivity contribution in [1.29, 1.82) is 0 Å². The summed E-state index contributed by atoms with van der Waals surface area (Å²) in [5.74, 6) is 0.566. The standard InChI is InChI=1S/C25H34N4O2/c1-18(24(30)26-21-9-5-3-6-10-21)20-13-15-28(16-14-20)25(31)23-17-29(27-19(23)2)22-11-7-4-8-12-22/h4,7-8,11-12,17-18,20-21H,3,5-6,9-10,13-16H2,1-2H3,(H,26,30)/t18-/m0/s1. The first-order valence-electron chi connectivity index (χ1n) is 11.7. The summed E-state index contributed by atoms with van der Waals surface area (Å²) in [7, 11) is 0. The van der Waals surface area contributed by atoms with Crippen molar-refractivity contribution >= 4 is 11.8 Å². The molecule has 2 aromatic rings. The number of nitrogens with one attached hydrogen (secondary N) is 1. The second-order valence-electron chi connectivity index (χ2n) is 9.17. The summed E-state index contributed by atoms with van der Waals surface area (Å²) in [4.78, 5) is 27.8. The van der Waals surface area contributed by atoms with Crippen LogP contribution in [-0.4, -0.2) is 45.6 Å². The van der Waals surface area contributed by atoms with Crippen molar-refractivity contribution in [3.63, 3.8) is 0 Å². The normalized spacial score (nSPS) is 19.2. The zero-order chi connectivity index (χ0) is 21.8. The molecular weight excluding hydrogens is 388 g/mol. The van der Waals surface area contributed by atoms with E-state index < -0.39 is 0 Å². The maximum atomic E-state index is 13.1. The van der Waals surface area contributed by atoms with Crippen molar-refractivity contribution in [3.05, 3.63) is 47.8 Å². The number of rotatable bonds is 5. The molecular formula is C25H34N4O2. The van der Waals surface area contributed by atoms with Gasteiger partial charge in [-0.25, -0.2) is 4.68 Å². The van der Waals surface area contributed by atoms with E-state index in [1.54, 1.807) is 4.68 Å². The summed E-state index contributed by atoms with van der Waals surface area (Å²) in [5, 5.41) is 7.81. The van der Waals surface area contributed by atoms with Crippen LogP contribution >= 0.6 is 0 Å². The third-order valence-corrected chi connectivity index (χ3v) is 7.05. The summed E-state index contributed by atoms with van der Waals surface area (Å²) in [6.45, 7) is 5.33. The van der Waals surface area contributed by atoms with Gasteiger partial charge in [-0.3, -0.25) is 9.59 Å². The van der Waals surface area contributed by atoms with Gasteiger partial charge in [0.1, 0.15) is 0 Å². The van der Waals surface area contributed by atoms with Crippen molar-refractivity contribution in [2.75, 3.05) is 13.1 Å². The van der Waals surface area contributed by atoms with E-state index in [1.807, 2.05) is 55.3 Å². The third-order valence-electron chi connectivity index (χ3n) is 7.05. The SMILES string of the molecule is Cc1nn(-c2ccccc2)cc1C(=O)N1CCC([C@H](C)C(=O)NC2CCCCC2)CC1. The predicted octanol–water partition coefficient (Wildman–Crippen LogP) is 4.12. The molecule has 2 amide bonds. The number of hydrogen-bond acceptors (Lipinski definition) is 3. The number of aryl methyl sites for hydroxylation is 1. The van der Waals surface area contributed by atoms with E-state index in [2.05, 4.69) is 10.4 Å². The van der Waals surface area contributed by atoms with Crippen LogP contribution in [0.5, 0.6) is 0 Å². The molecule has 31 heavy (non-hydrogen) atoms. The molecule has 0 radical (unpaired) electrons. The largest absolute Gasteiger partial charge is 0.353 e. The van der Waals surface area contributed by atoms with Crippen LogP contribution in [0, 0.1) is 18.8 Å². The molecule has 1 aliphatic carbocycles. The van der Waals surface area contributed by atoms with Gasteiger partial charge in [0, 0.05) is 31.2 Å². The Hall–Kier alpha value is -2.63. The van der Waals surface area contributed by atoms with Crippen LogP contribution in [0.25, 0.3) is 5.69 Å². The Bertz CT molecular complexity index is 894. The van der Waals surface area contributed by atoms with Gasteiger partial charge in [0.15, 0.2) is 0 Å². The van der Waals surface area contributed by atoms with E-state index in [1.165, 1.54) is 19.3 Å². The van der Waals surface area contributed by atoms with Gasteiger partial charge in [0.25, 0.3) is 5.91 Å². The number of carbonyl (C=O) groups is 2. The summed E-state index contributed by atoms with van der Waals surface area (Å²) in [6.07, 6.45) is 9.54. The third kappa shape index (κ3) is 5.00. The van der Waals surface area contributed by atoms with Crippen LogP contribution in [0.2, 0.25) is 0 Å². The Balaban J connectivity index is 1.32. The highest BCUT2D eigenvalue weighted by Crippen LogP contribution is 2.27. The zero-order valence-electron chi connectivity index (χ0n) is 18.7. The van der Waals surface area contributed by atoms with Crippen molar-refractivity contribution < 1.29 is 9.59 Å². The van der Waals surface area contributed by atoms with Gasteiger partial charge in [-0.2, -0.15) is 5.10 Å². The van der Waals surface area contributed by atoms with Crippen LogP contribution in [0.1, 0.15) is 67.9 Å². The number of benzene rings is 1. The fourth-order valence-corrected chi connectivity index (χ4v) is 4.95. The molecule has 1 aromatic carbocycles. The summed E-state index contributed by atoms with van der Waals surface area (Å²) in [6, 6.07) is 10.2. The second kappa shape index (κ2) is 9.67. The fraction of sp³-hybridized carbons (Fsp3) is 0.560. The number of hydrogen-bond donors (Lipinski definition) is 1. The van der Waals surface area contributed by atoms with Crippen molar-refractivity contribution in [3.8, 4) is 5.69 Å². The van der Waals surface area contributed by atoms with Crippen LogP contribution in [-0.2, 0) is 4.79 Å². The first-order valence-corrected chi connectivity index (χ1v) is 11.7. The van der Waals surface area contributed by atoms with Gasteiger partial charge >= 0.3 is 0 Å². The first-order chi connectivity index (χ1) is 15.0. The van der Waals surface area contributed by atoms with E-state index in [9.17, 15) is 9.59 Å². The fourth-order valence-electron chi connectivity index (χ4n) is 4.95. The molecule has 6 heteroatoms. The van der Waals surface area contributed by atoms with Gasteiger partial charge in [0.2, 0.25) is 5.91 Å². The lowest BCUT2D eigenvalue weighted by Crippen LogP contribution is -2.45. The van der Waals surface area contributed by atoms with Gasteiger partial charge < -0.3 is 10.2 Å². The molecule has 1 N–H and O–H groups in total. The van der Waals surface area contributed by atoms with Gasteiger partial charge in [-0.1, -0.05) is 44.4 Å². The lowest BCUT2D eigenvalue weighted by molar-refractivity contribution is -0.127. The number of para-hydroxylation sites is 1. The molecule has 1 saturated heterocycles. The van der Waals surface area contributed by atoms with Crippen LogP contribution in [0.4, 0.5) is 0 Å². The number of carbonyl (C=O) groups excluding carboxylic acids is 2. The maximum absolute atomic E-state index is 13.1. The quantitative estimate of drug-likeness (QED) is 0.788. The average Bonchev–Trinajstić information content (AvgIpc) is 3.21. The Labute approximate surface area is 185 Å². The van der Waals surface area contributed by atoms with Crippen LogP contribution in [0.15, 0.2) is 36.5 Å². The monoisotopic (exact) mass is 422 g/mol. The highest BCUT2D eigenvalue weighted by Gasteiger charge is 2.32. The number of likely N-dealkylation sites (tertiary alicyclic amines) is 1. The van der Waals surface area contributed by atoms with Gasteiger partial charge in [-0.05, 0) is 50.7 Å². The molecule has 166 valence electrons. The van der Waals surface area contributed by atoms with Crippen molar-refractivity contribution in [1.82, 2.24) is 20.0 Å². The molecule has 0 bridgehead atoms. The Morgan fingerprint density at radius 1 is 1.03 bits per heavy atom. The molecule has 0 spiro atoms. The van der Waals surface area contributed by atoms with Crippen LogP contribution < -0.4 is 5.32 Å². The topological polar surface area (TPSA) is 67.2 Å². The Morgan fingerprint density at radius 2 is 1.71 bits per heavy atom. The minimum Gasteiger partial charge on any atom is -0.353 e. The van der Waals surface area contributed by atoms with Gasteiger partial charge in [-0.15, -0.1) is 0 Å². The predicted molar refractivity (Wildman–Crippen MR) is 121 cm³/mol. The Morgan fingerprint density at radius 3 is 2.39 bits per heavy atom. The summed E-state index contributed by atoms with van der Waals surface area (Å²) in [5.41, 5.74) is 2.35. The number of nitrogens with zero attached hydrogens (tertiary/aromatic N) is 3. The number of aromatic nitrogens is 2. The molecule has 4 rings (SSSR count). The molecule has 2 aliphatic rings. The molecule has 1 saturated carbocycles. The second-order valence-corrected chi connectivity index (χ2v) is 9.17. The zero-order valence-corrected chi connectivity index (χ0v) is 18.7. The summed E-state index contributed by atoms with van der Waals surface area (Å²) < 4.78 is 1.77. The smallest absolute Gasteiger partial charge is 0.257 e. The Kier molecular flexibility index (Phi) is 6.73. The average molecular weight is 423 g/mol. The lowest BCUT2D eigenvalue weighted by Gasteiger charge is -2.35. The van der Waals surface area contributed by atoms with E-state index in [0.717, 1.165) is 37.1 Å². The van der Waals surface area contributed by atoms with Crippen LogP contribution in [0.3, 0.4) is 0 Å². The highest BCUT2D eigenvalue weighted by atomic mass is 16.2. The van der Waals surface area contributed by atoms with Crippen molar-refractivity contribution in [2.24, 2.45) is 11.8 Å². The van der Waals surface area contributed by atoms with E-state index in [-0.39, 0.29) is 17.7 Å². The number of piperidine rings is 1. The molecule has 2 fully saturated rings. The van der Waals surface area contributed by atoms with Crippen molar-refractivity contribution in [2.45, 2.75) is 64.8 Å². The molecule has 1 atom stereocenters. The molecule has 0 unspecified atom stereocenters. The maximum Gasteiger partial charge on any atom is 0.257 e. The lowest BCUT2D eigenvalue weighted by atomic mass is 9.84. The molecule has 6 nitrogen and oxygen atoms in total. The van der Waals surface area contributed by atoms with E-state index in [4.69, 9.17) is 0 Å². The van der Waals surface area contributed by atoms with Gasteiger partial charge in [0.05, 0.1) is 16.9 Å². The van der Waals surface area contributed by atoms with E-state index in [0.29, 0.717) is 30.6 Å². The molecule has 1 aliphatic heterocycles. The minimum atomic E-state index is 0.00162. The first kappa shape index (κ1) is 21.6.